The van der Waals surface area contributed by atoms with E-state index in [1.54, 1.807) is 0 Å². The van der Waals surface area contributed by atoms with Crippen LogP contribution < -0.4 is 10.5 Å². The second-order valence-electron chi connectivity index (χ2n) is 5.94. The number of ether oxygens (including phenoxy) is 2. The summed E-state index contributed by atoms with van der Waals surface area (Å²) in [6.45, 7) is 10.2. The lowest BCUT2D eigenvalue weighted by molar-refractivity contribution is 0.0869. The van der Waals surface area contributed by atoms with Crippen LogP contribution in [0.3, 0.4) is 0 Å². The van der Waals surface area contributed by atoms with Crippen molar-refractivity contribution in [2.75, 3.05) is 19.8 Å². The first kappa shape index (κ1) is 16.0. The van der Waals surface area contributed by atoms with Crippen LogP contribution in [-0.2, 0) is 4.74 Å². The highest BCUT2D eigenvalue weighted by Gasteiger charge is 2.10. The van der Waals surface area contributed by atoms with Gasteiger partial charge in [0, 0.05) is 18.6 Å². The van der Waals surface area contributed by atoms with E-state index in [4.69, 9.17) is 15.2 Å². The Balaban J connectivity index is 2.26. The molecule has 108 valence electrons. The predicted molar refractivity (Wildman–Crippen MR) is 79.7 cm³/mol. The molecular formula is C16H27NO2. The van der Waals surface area contributed by atoms with E-state index in [0.29, 0.717) is 25.7 Å². The lowest BCUT2D eigenvalue weighted by atomic mass is 10.0. The van der Waals surface area contributed by atoms with Gasteiger partial charge in [0.2, 0.25) is 0 Å². The summed E-state index contributed by atoms with van der Waals surface area (Å²) in [5.41, 5.74) is 6.84. The molecule has 0 unspecified atom stereocenters. The summed E-state index contributed by atoms with van der Waals surface area (Å²) in [4.78, 5) is 0. The molecule has 0 fully saturated rings. The van der Waals surface area contributed by atoms with Crippen LogP contribution in [-0.4, -0.2) is 25.4 Å². The molecule has 0 spiro atoms. The Kier molecular flexibility index (Phi) is 6.32. The fourth-order valence-corrected chi connectivity index (χ4v) is 1.77. The van der Waals surface area contributed by atoms with Crippen molar-refractivity contribution in [2.45, 2.75) is 45.6 Å². The van der Waals surface area contributed by atoms with Crippen LogP contribution in [0.5, 0.6) is 5.75 Å². The summed E-state index contributed by atoms with van der Waals surface area (Å²) in [6.07, 6.45) is 0.877. The van der Waals surface area contributed by atoms with E-state index in [9.17, 15) is 0 Å². The van der Waals surface area contributed by atoms with Gasteiger partial charge in [-0.2, -0.15) is 0 Å². The standard InChI is InChI=1S/C16H27NO2/c1-13(2)14-8-5-6-9-15(14)19-11-7-10-18-12-16(3,4)17/h5-6,8-9,13H,7,10-12,17H2,1-4H3. The van der Waals surface area contributed by atoms with Gasteiger partial charge < -0.3 is 15.2 Å². The van der Waals surface area contributed by atoms with Gasteiger partial charge in [-0.3, -0.25) is 0 Å². The fraction of sp³-hybridized carbons (Fsp3) is 0.625. The average Bonchev–Trinajstić information content (AvgIpc) is 2.32. The van der Waals surface area contributed by atoms with E-state index in [2.05, 4.69) is 26.0 Å². The summed E-state index contributed by atoms with van der Waals surface area (Å²) in [7, 11) is 0. The van der Waals surface area contributed by atoms with Crippen molar-refractivity contribution >= 4 is 0 Å². The molecule has 2 N–H and O–H groups in total. The molecule has 3 heteroatoms. The molecule has 0 aliphatic rings. The normalized spacial score (nSPS) is 11.9. The van der Waals surface area contributed by atoms with Crippen molar-refractivity contribution < 1.29 is 9.47 Å². The first-order valence-electron chi connectivity index (χ1n) is 6.98. The minimum Gasteiger partial charge on any atom is -0.493 e. The third-order valence-electron chi connectivity index (χ3n) is 2.71. The number of hydrogen-bond donors (Lipinski definition) is 1. The molecule has 3 nitrogen and oxygen atoms in total. The van der Waals surface area contributed by atoms with Gasteiger partial charge in [-0.05, 0) is 31.4 Å². The van der Waals surface area contributed by atoms with E-state index in [1.807, 2.05) is 26.0 Å². The van der Waals surface area contributed by atoms with Crippen LogP contribution in [0, 0.1) is 0 Å². The van der Waals surface area contributed by atoms with Crippen molar-refractivity contribution in [3.05, 3.63) is 29.8 Å². The van der Waals surface area contributed by atoms with Gasteiger partial charge in [0.05, 0.1) is 13.2 Å². The molecule has 0 radical (unpaired) electrons. The molecule has 0 heterocycles. The molecule has 19 heavy (non-hydrogen) atoms. The summed E-state index contributed by atoms with van der Waals surface area (Å²) >= 11 is 0. The van der Waals surface area contributed by atoms with E-state index < -0.39 is 0 Å². The van der Waals surface area contributed by atoms with E-state index in [1.165, 1.54) is 5.56 Å². The molecular weight excluding hydrogens is 238 g/mol. The molecule has 1 aromatic rings. The highest BCUT2D eigenvalue weighted by Crippen LogP contribution is 2.25. The lowest BCUT2D eigenvalue weighted by Crippen LogP contribution is -2.37. The van der Waals surface area contributed by atoms with Gasteiger partial charge in [0.1, 0.15) is 5.75 Å². The summed E-state index contributed by atoms with van der Waals surface area (Å²) < 4.78 is 11.3. The molecule has 1 rings (SSSR count). The Morgan fingerprint density at radius 2 is 1.84 bits per heavy atom. The lowest BCUT2D eigenvalue weighted by Gasteiger charge is -2.18. The van der Waals surface area contributed by atoms with Gasteiger partial charge in [-0.15, -0.1) is 0 Å². The van der Waals surface area contributed by atoms with Gasteiger partial charge in [-0.1, -0.05) is 32.0 Å². The molecule has 0 aromatic heterocycles. The van der Waals surface area contributed by atoms with Gasteiger partial charge in [0.15, 0.2) is 0 Å². The molecule has 0 amide bonds. The molecule has 0 saturated carbocycles. The topological polar surface area (TPSA) is 44.5 Å². The van der Waals surface area contributed by atoms with Crippen LogP contribution in [0.15, 0.2) is 24.3 Å². The van der Waals surface area contributed by atoms with Crippen molar-refractivity contribution in [2.24, 2.45) is 5.73 Å². The Labute approximate surface area is 117 Å². The predicted octanol–water partition coefficient (Wildman–Crippen LogP) is 3.33. The zero-order valence-corrected chi connectivity index (χ0v) is 12.6. The molecule has 0 saturated heterocycles. The Morgan fingerprint density at radius 3 is 2.47 bits per heavy atom. The van der Waals surface area contributed by atoms with Gasteiger partial charge in [-0.25, -0.2) is 0 Å². The SMILES string of the molecule is CC(C)c1ccccc1OCCCOCC(C)(C)N. The van der Waals surface area contributed by atoms with Crippen LogP contribution in [0.2, 0.25) is 0 Å². The number of nitrogens with two attached hydrogens (primary N) is 1. The Morgan fingerprint density at radius 1 is 1.16 bits per heavy atom. The minimum atomic E-state index is -0.259. The van der Waals surface area contributed by atoms with Crippen molar-refractivity contribution in [1.29, 1.82) is 0 Å². The Hall–Kier alpha value is -1.06. The summed E-state index contributed by atoms with van der Waals surface area (Å²) in [5.74, 6) is 1.46. The van der Waals surface area contributed by atoms with E-state index in [-0.39, 0.29) is 5.54 Å². The quantitative estimate of drug-likeness (QED) is 0.733. The van der Waals surface area contributed by atoms with Crippen molar-refractivity contribution in [1.82, 2.24) is 0 Å². The van der Waals surface area contributed by atoms with Crippen molar-refractivity contribution in [3.8, 4) is 5.75 Å². The van der Waals surface area contributed by atoms with Crippen molar-refractivity contribution in [3.63, 3.8) is 0 Å². The number of para-hydroxylation sites is 1. The summed E-state index contributed by atoms with van der Waals surface area (Å²) in [5, 5.41) is 0. The van der Waals surface area contributed by atoms with E-state index >= 15 is 0 Å². The molecule has 0 aliphatic carbocycles. The number of hydrogen-bond acceptors (Lipinski definition) is 3. The van der Waals surface area contributed by atoms with Crippen LogP contribution in [0.25, 0.3) is 0 Å². The van der Waals surface area contributed by atoms with Gasteiger partial charge in [0.25, 0.3) is 0 Å². The van der Waals surface area contributed by atoms with Gasteiger partial charge >= 0.3 is 0 Å². The second kappa shape index (κ2) is 7.51. The molecule has 0 bridgehead atoms. The number of rotatable bonds is 8. The fourth-order valence-electron chi connectivity index (χ4n) is 1.77. The third kappa shape index (κ3) is 6.60. The summed E-state index contributed by atoms with van der Waals surface area (Å²) in [6, 6.07) is 8.20. The molecule has 1 aromatic carbocycles. The highest BCUT2D eigenvalue weighted by atomic mass is 16.5. The first-order valence-corrected chi connectivity index (χ1v) is 6.98. The maximum absolute atomic E-state index is 5.84. The second-order valence-corrected chi connectivity index (χ2v) is 5.94. The number of benzene rings is 1. The molecule has 0 atom stereocenters. The third-order valence-corrected chi connectivity index (χ3v) is 2.71. The maximum atomic E-state index is 5.84. The Bertz CT molecular complexity index is 369. The zero-order valence-electron chi connectivity index (χ0n) is 12.6. The van der Waals surface area contributed by atoms with Crippen LogP contribution in [0.1, 0.15) is 45.6 Å². The average molecular weight is 265 g/mol. The smallest absolute Gasteiger partial charge is 0.122 e. The monoisotopic (exact) mass is 265 g/mol. The first-order chi connectivity index (χ1) is 8.90. The van der Waals surface area contributed by atoms with Crippen LogP contribution >= 0.6 is 0 Å². The van der Waals surface area contributed by atoms with Crippen LogP contribution in [0.4, 0.5) is 0 Å². The minimum absolute atomic E-state index is 0.259. The largest absolute Gasteiger partial charge is 0.493 e. The maximum Gasteiger partial charge on any atom is 0.122 e. The molecule has 0 aliphatic heterocycles. The zero-order chi connectivity index (χ0) is 14.3. The van der Waals surface area contributed by atoms with E-state index in [0.717, 1.165) is 12.2 Å². The highest BCUT2D eigenvalue weighted by molar-refractivity contribution is 5.35.